The molecule has 0 spiro atoms. The Morgan fingerprint density at radius 2 is 2.06 bits per heavy atom. The van der Waals surface area contributed by atoms with Gasteiger partial charge >= 0.3 is 0 Å². The van der Waals surface area contributed by atoms with Gasteiger partial charge in [0.15, 0.2) is 0 Å². The van der Waals surface area contributed by atoms with Crippen LogP contribution in [0.4, 0.5) is 5.82 Å². The highest BCUT2D eigenvalue weighted by Crippen LogP contribution is 2.38. The first-order chi connectivity index (χ1) is 8.24. The molecule has 1 saturated carbocycles. The minimum absolute atomic E-state index is 0.727. The second-order valence-electron chi connectivity index (χ2n) is 5.19. The Bertz CT molecular complexity index is 401. The van der Waals surface area contributed by atoms with Crippen molar-refractivity contribution in [3.8, 4) is 0 Å². The van der Waals surface area contributed by atoms with E-state index in [4.69, 9.17) is 0 Å². The Morgan fingerprint density at radius 1 is 1.24 bits per heavy atom. The molecule has 0 N–H and O–H groups in total. The highest BCUT2D eigenvalue weighted by Gasteiger charge is 2.36. The zero-order valence-electron chi connectivity index (χ0n) is 10.2. The number of hydrogen-bond acceptors (Lipinski definition) is 3. The third kappa shape index (κ3) is 2.19. The molecule has 4 heteroatoms. The predicted molar refractivity (Wildman–Crippen MR) is 72.2 cm³/mol. The molecule has 0 aromatic carbocycles. The van der Waals surface area contributed by atoms with Crippen molar-refractivity contribution in [3.63, 3.8) is 0 Å². The molecule has 2 aliphatic rings. The summed E-state index contributed by atoms with van der Waals surface area (Å²) in [6, 6.07) is 2.79. The average Bonchev–Trinajstić information content (AvgIpc) is 2.71. The summed E-state index contributed by atoms with van der Waals surface area (Å²) in [5.41, 5.74) is 0. The summed E-state index contributed by atoms with van der Waals surface area (Å²) in [6.07, 6.45) is 6.88. The van der Waals surface area contributed by atoms with Gasteiger partial charge in [-0.25, -0.2) is 9.97 Å². The molecule has 92 valence electrons. The van der Waals surface area contributed by atoms with Crippen LogP contribution in [0.5, 0.6) is 0 Å². The molecular formula is C13H18BrN3. The van der Waals surface area contributed by atoms with Crippen molar-refractivity contribution in [1.29, 1.82) is 0 Å². The first-order valence-corrected chi connectivity index (χ1v) is 7.31. The lowest BCUT2D eigenvalue weighted by atomic mass is 9.85. The van der Waals surface area contributed by atoms with Crippen LogP contribution in [0, 0.1) is 12.8 Å². The molecule has 2 atom stereocenters. The van der Waals surface area contributed by atoms with E-state index in [2.05, 4.69) is 36.9 Å². The smallest absolute Gasteiger partial charge is 0.133 e. The van der Waals surface area contributed by atoms with Gasteiger partial charge in [0.1, 0.15) is 16.2 Å². The summed E-state index contributed by atoms with van der Waals surface area (Å²) in [7, 11) is 0. The van der Waals surface area contributed by atoms with Gasteiger partial charge in [0.2, 0.25) is 0 Å². The maximum atomic E-state index is 4.59. The zero-order chi connectivity index (χ0) is 11.8. The molecule has 0 amide bonds. The van der Waals surface area contributed by atoms with Gasteiger partial charge in [0, 0.05) is 18.7 Å². The number of aromatic nitrogens is 2. The summed E-state index contributed by atoms with van der Waals surface area (Å²) < 4.78 is 0.902. The normalized spacial score (nSPS) is 28.2. The van der Waals surface area contributed by atoms with Gasteiger partial charge in [-0.05, 0) is 48.0 Å². The van der Waals surface area contributed by atoms with Crippen molar-refractivity contribution in [2.45, 2.75) is 45.1 Å². The van der Waals surface area contributed by atoms with Gasteiger partial charge in [-0.3, -0.25) is 0 Å². The fourth-order valence-corrected chi connectivity index (χ4v) is 3.82. The number of aryl methyl sites for hydroxylation is 1. The van der Waals surface area contributed by atoms with Crippen molar-refractivity contribution in [1.82, 2.24) is 9.97 Å². The predicted octanol–water partition coefficient (Wildman–Crippen LogP) is 3.32. The summed E-state index contributed by atoms with van der Waals surface area (Å²) in [4.78, 5) is 11.4. The van der Waals surface area contributed by atoms with Crippen molar-refractivity contribution in [2.24, 2.45) is 5.92 Å². The van der Waals surface area contributed by atoms with Gasteiger partial charge < -0.3 is 4.90 Å². The molecule has 3 nitrogen and oxygen atoms in total. The Balaban J connectivity index is 1.88. The van der Waals surface area contributed by atoms with E-state index in [1.54, 1.807) is 0 Å². The van der Waals surface area contributed by atoms with Crippen molar-refractivity contribution in [3.05, 3.63) is 16.5 Å². The second kappa shape index (κ2) is 4.56. The molecule has 0 radical (unpaired) electrons. The van der Waals surface area contributed by atoms with E-state index >= 15 is 0 Å². The van der Waals surface area contributed by atoms with Crippen molar-refractivity contribution < 1.29 is 0 Å². The lowest BCUT2D eigenvalue weighted by Crippen LogP contribution is -2.35. The molecule has 3 rings (SSSR count). The molecule has 0 bridgehead atoms. The third-order valence-electron chi connectivity index (χ3n) is 4.10. The summed E-state index contributed by atoms with van der Waals surface area (Å²) >= 11 is 3.47. The van der Waals surface area contributed by atoms with Gasteiger partial charge in [0.25, 0.3) is 0 Å². The van der Waals surface area contributed by atoms with Gasteiger partial charge in [-0.15, -0.1) is 0 Å². The van der Waals surface area contributed by atoms with Crippen LogP contribution < -0.4 is 4.90 Å². The molecule has 1 aliphatic heterocycles. The van der Waals surface area contributed by atoms with Crippen LogP contribution in [0.1, 0.15) is 37.9 Å². The third-order valence-corrected chi connectivity index (χ3v) is 4.50. The van der Waals surface area contributed by atoms with Gasteiger partial charge in [-0.1, -0.05) is 12.8 Å². The van der Waals surface area contributed by atoms with Crippen LogP contribution in [0.15, 0.2) is 10.7 Å². The number of nitrogens with zero attached hydrogens (tertiary/aromatic N) is 3. The van der Waals surface area contributed by atoms with E-state index in [0.717, 1.165) is 34.7 Å². The molecule has 1 saturated heterocycles. The molecule has 2 unspecified atom stereocenters. The Kier molecular flexibility index (Phi) is 3.07. The van der Waals surface area contributed by atoms with E-state index in [1.807, 2.05) is 6.92 Å². The molecule has 17 heavy (non-hydrogen) atoms. The number of halogens is 1. The molecule has 1 aliphatic carbocycles. The lowest BCUT2D eigenvalue weighted by molar-refractivity contribution is 0.341. The number of rotatable bonds is 1. The van der Waals surface area contributed by atoms with E-state index in [1.165, 1.54) is 32.1 Å². The maximum absolute atomic E-state index is 4.59. The van der Waals surface area contributed by atoms with Crippen molar-refractivity contribution >= 4 is 21.7 Å². The van der Waals surface area contributed by atoms with E-state index in [-0.39, 0.29) is 0 Å². The largest absolute Gasteiger partial charge is 0.353 e. The monoisotopic (exact) mass is 295 g/mol. The number of anilines is 1. The minimum Gasteiger partial charge on any atom is -0.353 e. The minimum atomic E-state index is 0.727. The summed E-state index contributed by atoms with van der Waals surface area (Å²) in [6.45, 7) is 3.13. The second-order valence-corrected chi connectivity index (χ2v) is 6.00. The Morgan fingerprint density at radius 3 is 2.88 bits per heavy atom. The van der Waals surface area contributed by atoms with Gasteiger partial charge in [0.05, 0.1) is 0 Å². The van der Waals surface area contributed by atoms with Crippen LogP contribution in [-0.2, 0) is 0 Å². The van der Waals surface area contributed by atoms with Crippen LogP contribution in [0.3, 0.4) is 0 Å². The fraction of sp³-hybridized carbons (Fsp3) is 0.692. The van der Waals surface area contributed by atoms with E-state index in [0.29, 0.717) is 0 Å². The molecule has 2 heterocycles. The van der Waals surface area contributed by atoms with Crippen LogP contribution in [0.25, 0.3) is 0 Å². The van der Waals surface area contributed by atoms with Crippen LogP contribution >= 0.6 is 15.9 Å². The van der Waals surface area contributed by atoms with Crippen molar-refractivity contribution in [2.75, 3.05) is 11.4 Å². The molecule has 2 fully saturated rings. The van der Waals surface area contributed by atoms with Crippen LogP contribution in [-0.4, -0.2) is 22.6 Å². The molecular weight excluding hydrogens is 278 g/mol. The lowest BCUT2D eigenvalue weighted by Gasteiger charge is -2.32. The molecule has 1 aromatic heterocycles. The quantitative estimate of drug-likeness (QED) is 0.744. The standard InChI is InChI=1S/C13H18BrN3/c1-9-15-12(14)8-13(16-9)17-7-6-10-4-2-3-5-11(10)17/h8,10-11H,2-7H2,1H3. The first-order valence-electron chi connectivity index (χ1n) is 6.52. The van der Waals surface area contributed by atoms with E-state index in [9.17, 15) is 0 Å². The summed E-state index contributed by atoms with van der Waals surface area (Å²) in [5, 5.41) is 0. The topological polar surface area (TPSA) is 29.0 Å². The highest BCUT2D eigenvalue weighted by atomic mass is 79.9. The fourth-order valence-electron chi connectivity index (χ4n) is 3.35. The molecule has 1 aromatic rings. The summed E-state index contributed by atoms with van der Waals surface area (Å²) in [5.74, 6) is 2.87. The average molecular weight is 296 g/mol. The zero-order valence-corrected chi connectivity index (χ0v) is 11.8. The van der Waals surface area contributed by atoms with Gasteiger partial charge in [-0.2, -0.15) is 0 Å². The SMILES string of the molecule is Cc1nc(Br)cc(N2CCC3CCCCC32)n1. The maximum Gasteiger partial charge on any atom is 0.133 e. The van der Waals surface area contributed by atoms with E-state index < -0.39 is 0 Å². The highest BCUT2D eigenvalue weighted by molar-refractivity contribution is 9.10. The number of fused-ring (bicyclic) bond motifs is 1. The number of hydrogen-bond donors (Lipinski definition) is 0. The first kappa shape index (κ1) is 11.5. The Hall–Kier alpha value is -0.640. The Labute approximate surface area is 111 Å². The van der Waals surface area contributed by atoms with Crippen LogP contribution in [0.2, 0.25) is 0 Å².